The first-order valence-electron chi connectivity index (χ1n) is 7.53. The summed E-state index contributed by atoms with van der Waals surface area (Å²) < 4.78 is 3.07. The molecule has 2 aromatic heterocycles. The van der Waals surface area contributed by atoms with Crippen LogP contribution in [0.1, 0.15) is 0 Å². The Hall–Kier alpha value is -3.01. The molecule has 1 N–H and O–H groups in total. The number of anilines is 1. The molecular formula is C15H13N7O2S. The van der Waals surface area contributed by atoms with E-state index in [9.17, 15) is 9.59 Å². The van der Waals surface area contributed by atoms with E-state index in [2.05, 4.69) is 25.8 Å². The molecule has 1 atom stereocenters. The van der Waals surface area contributed by atoms with E-state index >= 15 is 0 Å². The minimum atomic E-state index is -0.293. The van der Waals surface area contributed by atoms with Crippen LogP contribution in [-0.4, -0.2) is 41.4 Å². The molecule has 1 aliphatic heterocycles. The summed E-state index contributed by atoms with van der Waals surface area (Å²) in [6.45, 7) is 0.337. The molecule has 0 aliphatic carbocycles. The summed E-state index contributed by atoms with van der Waals surface area (Å²) >= 11 is 1.42. The third-order valence-corrected chi connectivity index (χ3v) is 4.99. The Bertz CT molecular complexity index is 953. The van der Waals surface area contributed by atoms with Crippen molar-refractivity contribution in [2.24, 2.45) is 5.92 Å². The van der Waals surface area contributed by atoms with Crippen molar-refractivity contribution < 1.29 is 4.79 Å². The molecule has 1 aromatic carbocycles. The van der Waals surface area contributed by atoms with Crippen molar-refractivity contribution >= 4 is 23.4 Å². The molecule has 3 heterocycles. The van der Waals surface area contributed by atoms with Gasteiger partial charge in [0.2, 0.25) is 5.91 Å². The van der Waals surface area contributed by atoms with E-state index in [0.717, 1.165) is 5.69 Å². The van der Waals surface area contributed by atoms with Crippen molar-refractivity contribution in [2.75, 3.05) is 11.1 Å². The summed E-state index contributed by atoms with van der Waals surface area (Å²) in [4.78, 5) is 28.6. The van der Waals surface area contributed by atoms with E-state index in [1.807, 2.05) is 12.1 Å². The fourth-order valence-electron chi connectivity index (χ4n) is 2.53. The molecule has 3 aromatic rings. The van der Waals surface area contributed by atoms with Crippen LogP contribution in [0.15, 0.2) is 52.8 Å². The maximum atomic E-state index is 12.5. The number of benzene rings is 1. The van der Waals surface area contributed by atoms with Crippen LogP contribution in [0.25, 0.3) is 5.69 Å². The monoisotopic (exact) mass is 355 g/mol. The Morgan fingerprint density at radius 2 is 2.08 bits per heavy atom. The number of carbonyl (C=O) groups is 1. The maximum Gasteiger partial charge on any atom is 0.254 e. The van der Waals surface area contributed by atoms with Gasteiger partial charge < -0.3 is 5.32 Å². The highest BCUT2D eigenvalue weighted by Crippen LogP contribution is 2.25. The normalized spacial score (nSPS) is 16.2. The predicted octanol–water partition coefficient (Wildman–Crippen LogP) is 0.580. The second-order valence-corrected chi connectivity index (χ2v) is 6.46. The van der Waals surface area contributed by atoms with E-state index in [1.54, 1.807) is 16.7 Å². The van der Waals surface area contributed by atoms with Crippen molar-refractivity contribution in [2.45, 2.75) is 11.7 Å². The number of carbonyl (C=O) groups excluding carboxylic acids is 1. The number of amides is 1. The van der Waals surface area contributed by atoms with Gasteiger partial charge in [-0.05, 0) is 34.7 Å². The van der Waals surface area contributed by atoms with Gasteiger partial charge in [-0.2, -0.15) is 0 Å². The number of thioether (sulfide) groups is 1. The molecular weight excluding hydrogens is 342 g/mol. The van der Waals surface area contributed by atoms with Crippen molar-refractivity contribution in [3.8, 4) is 5.69 Å². The fraction of sp³-hybridized carbons (Fsp3) is 0.200. The molecule has 126 valence electrons. The van der Waals surface area contributed by atoms with Gasteiger partial charge in [-0.1, -0.05) is 11.8 Å². The first-order chi connectivity index (χ1) is 12.2. The van der Waals surface area contributed by atoms with Crippen molar-refractivity contribution in [3.05, 3.63) is 53.2 Å². The Kier molecular flexibility index (Phi) is 4.02. The molecule has 0 unspecified atom stereocenters. The van der Waals surface area contributed by atoms with Crippen LogP contribution in [0.3, 0.4) is 0 Å². The standard InChI is InChI=1S/C15H13N7O2S/c23-13-5-6-16-15-21(13)7-10(8-25-15)14(24)18-11-1-3-12(4-2-11)22-9-17-19-20-22/h1-6,9-10H,7-8H2,(H,18,24)/t10-/m0/s1. The highest BCUT2D eigenvalue weighted by molar-refractivity contribution is 7.99. The van der Waals surface area contributed by atoms with Crippen molar-refractivity contribution in [3.63, 3.8) is 0 Å². The molecule has 9 nitrogen and oxygen atoms in total. The molecule has 10 heteroatoms. The van der Waals surface area contributed by atoms with Crippen LogP contribution in [0, 0.1) is 5.92 Å². The number of tetrazole rings is 1. The van der Waals surface area contributed by atoms with Crippen molar-refractivity contribution in [1.82, 2.24) is 29.8 Å². The average Bonchev–Trinajstić information content (AvgIpc) is 3.17. The van der Waals surface area contributed by atoms with Crippen LogP contribution < -0.4 is 10.9 Å². The van der Waals surface area contributed by atoms with E-state index in [4.69, 9.17) is 0 Å². The first-order valence-corrected chi connectivity index (χ1v) is 8.52. The van der Waals surface area contributed by atoms with Gasteiger partial charge in [0.05, 0.1) is 11.6 Å². The summed E-state index contributed by atoms with van der Waals surface area (Å²) in [5, 5.41) is 14.5. The van der Waals surface area contributed by atoms with Crippen LogP contribution in [0.5, 0.6) is 0 Å². The Morgan fingerprint density at radius 1 is 1.24 bits per heavy atom. The molecule has 4 rings (SSSR count). The molecule has 1 aliphatic rings. The molecule has 0 bridgehead atoms. The van der Waals surface area contributed by atoms with Crippen molar-refractivity contribution in [1.29, 1.82) is 0 Å². The van der Waals surface area contributed by atoms with E-state index in [0.29, 0.717) is 23.1 Å². The molecule has 0 fully saturated rings. The minimum absolute atomic E-state index is 0.121. The van der Waals surface area contributed by atoms with Gasteiger partial charge in [-0.15, -0.1) is 5.10 Å². The largest absolute Gasteiger partial charge is 0.326 e. The number of hydrogen-bond acceptors (Lipinski definition) is 7. The van der Waals surface area contributed by atoms with Gasteiger partial charge in [0.15, 0.2) is 5.16 Å². The lowest BCUT2D eigenvalue weighted by atomic mass is 10.1. The van der Waals surface area contributed by atoms with Gasteiger partial charge in [0, 0.05) is 30.2 Å². The Labute approximate surface area is 146 Å². The second kappa shape index (κ2) is 6.48. The zero-order valence-electron chi connectivity index (χ0n) is 12.9. The number of rotatable bonds is 3. The number of nitrogens with zero attached hydrogens (tertiary/aromatic N) is 6. The van der Waals surface area contributed by atoms with Gasteiger partial charge in [0.1, 0.15) is 6.33 Å². The summed E-state index contributed by atoms with van der Waals surface area (Å²) in [6.07, 6.45) is 2.99. The maximum absolute atomic E-state index is 12.5. The minimum Gasteiger partial charge on any atom is -0.326 e. The SMILES string of the molecule is O=C(Nc1ccc(-n2cnnn2)cc1)[C@@H]1CSc2nccc(=O)n2C1. The van der Waals surface area contributed by atoms with Gasteiger partial charge >= 0.3 is 0 Å². The molecule has 1 amide bonds. The lowest BCUT2D eigenvalue weighted by Crippen LogP contribution is -2.36. The summed E-state index contributed by atoms with van der Waals surface area (Å²) in [6, 6.07) is 8.60. The summed E-state index contributed by atoms with van der Waals surface area (Å²) in [7, 11) is 0. The Balaban J connectivity index is 1.46. The summed E-state index contributed by atoms with van der Waals surface area (Å²) in [5.74, 6) is 0.174. The zero-order chi connectivity index (χ0) is 17.2. The average molecular weight is 355 g/mol. The first kappa shape index (κ1) is 15.5. The predicted molar refractivity (Wildman–Crippen MR) is 90.5 cm³/mol. The third kappa shape index (κ3) is 3.15. The summed E-state index contributed by atoms with van der Waals surface area (Å²) in [5.41, 5.74) is 1.33. The van der Waals surface area contributed by atoms with Crippen LogP contribution >= 0.6 is 11.8 Å². The van der Waals surface area contributed by atoms with E-state index < -0.39 is 0 Å². The van der Waals surface area contributed by atoms with Gasteiger partial charge in [-0.3, -0.25) is 14.2 Å². The topological polar surface area (TPSA) is 108 Å². The van der Waals surface area contributed by atoms with E-state index in [1.165, 1.54) is 35.0 Å². The van der Waals surface area contributed by atoms with Gasteiger partial charge in [0.25, 0.3) is 5.56 Å². The molecule has 25 heavy (non-hydrogen) atoms. The molecule has 0 saturated carbocycles. The lowest BCUT2D eigenvalue weighted by Gasteiger charge is -2.23. The zero-order valence-corrected chi connectivity index (χ0v) is 13.8. The quantitative estimate of drug-likeness (QED) is 0.685. The second-order valence-electron chi connectivity index (χ2n) is 5.47. The molecule has 0 saturated heterocycles. The number of aromatic nitrogens is 6. The Morgan fingerprint density at radius 3 is 2.84 bits per heavy atom. The molecule has 0 radical (unpaired) electrons. The van der Waals surface area contributed by atoms with Crippen LogP contribution in [-0.2, 0) is 11.3 Å². The van der Waals surface area contributed by atoms with Gasteiger partial charge in [-0.25, -0.2) is 9.67 Å². The fourth-order valence-corrected chi connectivity index (χ4v) is 3.59. The molecule has 0 spiro atoms. The van der Waals surface area contributed by atoms with Crippen LogP contribution in [0.4, 0.5) is 5.69 Å². The highest BCUT2D eigenvalue weighted by atomic mass is 32.2. The number of hydrogen-bond donors (Lipinski definition) is 1. The van der Waals surface area contributed by atoms with E-state index in [-0.39, 0.29) is 17.4 Å². The van der Waals surface area contributed by atoms with Crippen LogP contribution in [0.2, 0.25) is 0 Å². The number of nitrogens with one attached hydrogen (secondary N) is 1. The highest BCUT2D eigenvalue weighted by Gasteiger charge is 2.26. The smallest absolute Gasteiger partial charge is 0.254 e. The number of fused-ring (bicyclic) bond motifs is 1. The lowest BCUT2D eigenvalue weighted by molar-refractivity contribution is -0.119. The third-order valence-electron chi connectivity index (χ3n) is 3.83.